The molecule has 24 heavy (non-hydrogen) atoms. The highest BCUT2D eigenvalue weighted by atomic mass is 35.5. The van der Waals surface area contributed by atoms with Gasteiger partial charge in [0.25, 0.3) is 5.91 Å². The lowest BCUT2D eigenvalue weighted by atomic mass is 10.2. The van der Waals surface area contributed by atoms with Gasteiger partial charge in [0, 0.05) is 11.4 Å². The van der Waals surface area contributed by atoms with E-state index in [0.717, 1.165) is 10.5 Å². The zero-order chi connectivity index (χ0) is 16.8. The largest absolute Gasteiger partial charge is 0.347 e. The average Bonchev–Trinajstić information content (AvgIpc) is 2.63. The number of aromatic nitrogens is 2. The quantitative estimate of drug-likeness (QED) is 0.744. The lowest BCUT2D eigenvalue weighted by Gasteiger charge is -2.05. The van der Waals surface area contributed by atoms with Crippen molar-refractivity contribution in [2.45, 2.75) is 16.5 Å². The van der Waals surface area contributed by atoms with Gasteiger partial charge >= 0.3 is 0 Å². The molecule has 1 N–H and O–H groups in total. The Morgan fingerprint density at radius 3 is 2.42 bits per heavy atom. The van der Waals surface area contributed by atoms with Crippen molar-refractivity contribution in [1.82, 2.24) is 15.5 Å². The summed E-state index contributed by atoms with van der Waals surface area (Å²) >= 11 is 7.53. The van der Waals surface area contributed by atoms with Gasteiger partial charge in [0.1, 0.15) is 5.03 Å². The number of nitrogens with zero attached hydrogens (tertiary/aromatic N) is 2. The molecule has 0 saturated heterocycles. The minimum absolute atomic E-state index is 0.249. The average molecular weight is 356 g/mol. The summed E-state index contributed by atoms with van der Waals surface area (Å²) in [5.41, 5.74) is 1.32. The third-order valence-corrected chi connectivity index (χ3v) is 4.66. The van der Waals surface area contributed by atoms with Gasteiger partial charge in [0.2, 0.25) is 0 Å². The van der Waals surface area contributed by atoms with Crippen molar-refractivity contribution < 1.29 is 4.79 Å². The van der Waals surface area contributed by atoms with Gasteiger partial charge in [0.05, 0.1) is 5.02 Å². The number of carbonyl (C=O) groups is 1. The van der Waals surface area contributed by atoms with E-state index in [1.807, 2.05) is 54.6 Å². The van der Waals surface area contributed by atoms with Gasteiger partial charge in [-0.1, -0.05) is 65.8 Å². The van der Waals surface area contributed by atoms with Crippen LogP contribution in [0.15, 0.2) is 76.7 Å². The van der Waals surface area contributed by atoms with Crippen LogP contribution >= 0.6 is 23.4 Å². The first kappa shape index (κ1) is 16.5. The fourth-order valence-electron chi connectivity index (χ4n) is 2.00. The van der Waals surface area contributed by atoms with Crippen LogP contribution in [0.2, 0.25) is 5.02 Å². The molecule has 4 nitrogen and oxygen atoms in total. The third kappa shape index (κ3) is 4.34. The smallest absolute Gasteiger partial charge is 0.272 e. The third-order valence-electron chi connectivity index (χ3n) is 3.22. The van der Waals surface area contributed by atoms with Gasteiger partial charge < -0.3 is 5.32 Å². The molecule has 0 spiro atoms. The highest BCUT2D eigenvalue weighted by Crippen LogP contribution is 2.31. The molecule has 3 rings (SSSR count). The fourth-order valence-corrected chi connectivity index (χ4v) is 3.01. The molecule has 1 aromatic heterocycles. The lowest BCUT2D eigenvalue weighted by Crippen LogP contribution is -2.24. The van der Waals surface area contributed by atoms with Crippen molar-refractivity contribution in [2.75, 3.05) is 0 Å². The Kier molecular flexibility index (Phi) is 5.46. The molecule has 3 aromatic rings. The molecule has 6 heteroatoms. The molecule has 0 unspecified atom stereocenters. The Morgan fingerprint density at radius 2 is 1.71 bits per heavy atom. The van der Waals surface area contributed by atoms with Crippen LogP contribution in [-0.2, 0) is 6.54 Å². The zero-order valence-corrected chi connectivity index (χ0v) is 14.2. The van der Waals surface area contributed by atoms with E-state index < -0.39 is 0 Å². The highest BCUT2D eigenvalue weighted by molar-refractivity contribution is 7.99. The van der Waals surface area contributed by atoms with Crippen LogP contribution in [0.1, 0.15) is 16.1 Å². The van der Waals surface area contributed by atoms with Crippen molar-refractivity contribution in [3.8, 4) is 0 Å². The fraction of sp³-hybridized carbons (Fsp3) is 0.0556. The predicted molar refractivity (Wildman–Crippen MR) is 95.2 cm³/mol. The molecule has 0 aliphatic rings. The SMILES string of the molecule is O=C(NCc1ccccc1)c1ccc(Sc2ccccc2Cl)nn1. The Balaban J connectivity index is 1.61. The highest BCUT2D eigenvalue weighted by Gasteiger charge is 2.09. The van der Waals surface area contributed by atoms with Gasteiger partial charge in [-0.15, -0.1) is 10.2 Å². The molecular weight excluding hydrogens is 342 g/mol. The van der Waals surface area contributed by atoms with E-state index in [0.29, 0.717) is 16.6 Å². The summed E-state index contributed by atoms with van der Waals surface area (Å²) in [5, 5.41) is 12.2. The number of hydrogen-bond donors (Lipinski definition) is 1. The number of hydrogen-bond acceptors (Lipinski definition) is 4. The molecule has 0 fully saturated rings. The minimum atomic E-state index is -0.249. The summed E-state index contributed by atoms with van der Waals surface area (Å²) < 4.78 is 0. The number of nitrogens with one attached hydrogen (secondary N) is 1. The van der Waals surface area contributed by atoms with E-state index in [9.17, 15) is 4.79 Å². The molecule has 0 radical (unpaired) electrons. The van der Waals surface area contributed by atoms with E-state index in [1.165, 1.54) is 11.8 Å². The van der Waals surface area contributed by atoms with Gasteiger partial charge in [-0.05, 0) is 29.8 Å². The van der Waals surface area contributed by atoms with Crippen molar-refractivity contribution in [3.05, 3.63) is 83.0 Å². The lowest BCUT2D eigenvalue weighted by molar-refractivity contribution is 0.0944. The molecule has 0 aliphatic heterocycles. The summed E-state index contributed by atoms with van der Waals surface area (Å²) in [6.45, 7) is 0.456. The van der Waals surface area contributed by atoms with Crippen LogP contribution in [0.3, 0.4) is 0 Å². The van der Waals surface area contributed by atoms with Crippen LogP contribution in [0.5, 0.6) is 0 Å². The standard InChI is InChI=1S/C18H14ClN3OS/c19-14-8-4-5-9-16(14)24-17-11-10-15(21-22-17)18(23)20-12-13-6-2-1-3-7-13/h1-11H,12H2,(H,20,23). The second kappa shape index (κ2) is 7.95. The molecule has 2 aromatic carbocycles. The normalized spacial score (nSPS) is 10.4. The van der Waals surface area contributed by atoms with Gasteiger partial charge in [-0.25, -0.2) is 0 Å². The minimum Gasteiger partial charge on any atom is -0.347 e. The Morgan fingerprint density at radius 1 is 0.958 bits per heavy atom. The topological polar surface area (TPSA) is 54.9 Å². The van der Waals surface area contributed by atoms with Crippen LogP contribution < -0.4 is 5.32 Å². The van der Waals surface area contributed by atoms with Crippen molar-refractivity contribution in [2.24, 2.45) is 0 Å². The number of amides is 1. The van der Waals surface area contributed by atoms with Gasteiger partial charge in [-0.3, -0.25) is 4.79 Å². The van der Waals surface area contributed by atoms with Crippen LogP contribution in [-0.4, -0.2) is 16.1 Å². The molecule has 0 atom stereocenters. The van der Waals surface area contributed by atoms with E-state index in [1.54, 1.807) is 12.1 Å². The zero-order valence-electron chi connectivity index (χ0n) is 12.6. The van der Waals surface area contributed by atoms with Gasteiger partial charge in [0.15, 0.2) is 5.69 Å². The van der Waals surface area contributed by atoms with E-state index in [-0.39, 0.29) is 11.6 Å². The number of benzene rings is 2. The monoisotopic (exact) mass is 355 g/mol. The van der Waals surface area contributed by atoms with E-state index in [2.05, 4.69) is 15.5 Å². The second-order valence-electron chi connectivity index (χ2n) is 4.96. The first-order chi connectivity index (χ1) is 11.7. The first-order valence-corrected chi connectivity index (χ1v) is 8.50. The molecule has 120 valence electrons. The number of carbonyl (C=O) groups excluding carboxylic acids is 1. The number of rotatable bonds is 5. The number of halogens is 1. The van der Waals surface area contributed by atoms with E-state index >= 15 is 0 Å². The van der Waals surface area contributed by atoms with Crippen LogP contribution in [0.4, 0.5) is 0 Å². The van der Waals surface area contributed by atoms with Gasteiger partial charge in [-0.2, -0.15) is 0 Å². The molecule has 0 aliphatic carbocycles. The summed E-state index contributed by atoms with van der Waals surface area (Å²) in [6.07, 6.45) is 0. The first-order valence-electron chi connectivity index (χ1n) is 7.30. The summed E-state index contributed by atoms with van der Waals surface area (Å²) in [5.74, 6) is -0.249. The maximum absolute atomic E-state index is 12.1. The second-order valence-corrected chi connectivity index (χ2v) is 6.43. The van der Waals surface area contributed by atoms with E-state index in [4.69, 9.17) is 11.6 Å². The van der Waals surface area contributed by atoms with Crippen LogP contribution in [0.25, 0.3) is 0 Å². The molecule has 1 amide bonds. The summed E-state index contributed by atoms with van der Waals surface area (Å²) in [7, 11) is 0. The Labute approximate surface area is 149 Å². The maximum Gasteiger partial charge on any atom is 0.272 e. The molecule has 0 bridgehead atoms. The Bertz CT molecular complexity index is 825. The summed E-state index contributed by atoms with van der Waals surface area (Å²) in [6, 6.07) is 20.6. The van der Waals surface area contributed by atoms with Crippen molar-refractivity contribution >= 4 is 29.3 Å². The predicted octanol–water partition coefficient (Wildman–Crippen LogP) is 4.21. The van der Waals surface area contributed by atoms with Crippen LogP contribution in [0, 0.1) is 0 Å². The molecule has 0 saturated carbocycles. The maximum atomic E-state index is 12.1. The summed E-state index contributed by atoms with van der Waals surface area (Å²) in [4.78, 5) is 13.0. The van der Waals surface area contributed by atoms with Crippen molar-refractivity contribution in [1.29, 1.82) is 0 Å². The van der Waals surface area contributed by atoms with Crippen molar-refractivity contribution in [3.63, 3.8) is 0 Å². The Hall–Kier alpha value is -2.37. The molecular formula is C18H14ClN3OS. The molecule has 1 heterocycles.